The summed E-state index contributed by atoms with van der Waals surface area (Å²) in [5.74, 6) is -1.08. The number of aromatic nitrogens is 1. The fourth-order valence-electron chi connectivity index (χ4n) is 1.57. The number of hydrogen-bond acceptors (Lipinski definition) is 5. The highest BCUT2D eigenvalue weighted by atomic mass is 16.6. The van der Waals surface area contributed by atoms with Gasteiger partial charge in [0, 0.05) is 18.3 Å². The molecule has 1 heterocycles. The molecule has 1 saturated carbocycles. The van der Waals surface area contributed by atoms with E-state index in [4.69, 9.17) is 5.11 Å². The Morgan fingerprint density at radius 2 is 2.29 bits per heavy atom. The highest BCUT2D eigenvalue weighted by Crippen LogP contribution is 2.28. The Labute approximate surface area is 96.6 Å². The van der Waals surface area contributed by atoms with Crippen molar-refractivity contribution in [2.45, 2.75) is 25.3 Å². The van der Waals surface area contributed by atoms with E-state index < -0.39 is 10.9 Å². The summed E-state index contributed by atoms with van der Waals surface area (Å²) in [7, 11) is 0. The van der Waals surface area contributed by atoms with Gasteiger partial charge in [0.2, 0.25) is 5.82 Å². The quantitative estimate of drug-likeness (QED) is 0.609. The molecule has 2 N–H and O–H groups in total. The molecule has 0 bridgehead atoms. The first-order valence-corrected chi connectivity index (χ1v) is 5.22. The number of carboxylic acid groups (broad SMARTS) is 1. The van der Waals surface area contributed by atoms with E-state index >= 15 is 0 Å². The molecule has 7 nitrogen and oxygen atoms in total. The first kappa shape index (κ1) is 11.3. The minimum absolute atomic E-state index is 0.143. The second kappa shape index (κ2) is 4.36. The van der Waals surface area contributed by atoms with Crippen LogP contribution in [0.4, 0.5) is 11.5 Å². The summed E-state index contributed by atoms with van der Waals surface area (Å²) in [6.45, 7) is 0. The van der Waals surface area contributed by atoms with Crippen molar-refractivity contribution in [3.8, 4) is 0 Å². The molecule has 0 amide bonds. The number of carbonyl (C=O) groups is 1. The van der Waals surface area contributed by atoms with Crippen LogP contribution in [-0.2, 0) is 0 Å². The van der Waals surface area contributed by atoms with Crippen LogP contribution in [0.5, 0.6) is 0 Å². The lowest BCUT2D eigenvalue weighted by atomic mass is 9.93. The Kier molecular flexibility index (Phi) is 2.90. The van der Waals surface area contributed by atoms with Crippen molar-refractivity contribution in [3.05, 3.63) is 27.9 Å². The summed E-state index contributed by atoms with van der Waals surface area (Å²) < 4.78 is 0. The average Bonchev–Trinajstić information content (AvgIpc) is 2.23. The lowest BCUT2D eigenvalue weighted by Crippen LogP contribution is -2.28. The molecule has 1 aromatic heterocycles. The summed E-state index contributed by atoms with van der Waals surface area (Å²) >= 11 is 0. The lowest BCUT2D eigenvalue weighted by molar-refractivity contribution is -0.384. The zero-order chi connectivity index (χ0) is 12.4. The first-order valence-electron chi connectivity index (χ1n) is 5.22. The van der Waals surface area contributed by atoms with E-state index in [0.717, 1.165) is 31.5 Å². The van der Waals surface area contributed by atoms with Crippen LogP contribution in [-0.4, -0.2) is 27.0 Å². The predicted molar refractivity (Wildman–Crippen MR) is 59.1 cm³/mol. The lowest BCUT2D eigenvalue weighted by Gasteiger charge is -2.26. The maximum absolute atomic E-state index is 10.8. The monoisotopic (exact) mass is 237 g/mol. The number of nitrogens with one attached hydrogen (secondary N) is 1. The molecule has 90 valence electrons. The predicted octanol–water partition coefficient (Wildman–Crippen LogP) is 1.65. The van der Waals surface area contributed by atoms with Gasteiger partial charge in [0.25, 0.3) is 0 Å². The zero-order valence-electron chi connectivity index (χ0n) is 8.92. The van der Waals surface area contributed by atoms with Crippen LogP contribution in [0.1, 0.15) is 29.6 Å². The van der Waals surface area contributed by atoms with Crippen molar-refractivity contribution in [3.63, 3.8) is 0 Å². The van der Waals surface area contributed by atoms with Gasteiger partial charge in [-0.3, -0.25) is 10.1 Å². The number of anilines is 1. The topological polar surface area (TPSA) is 105 Å². The minimum atomic E-state index is -1.23. The molecule has 1 aliphatic carbocycles. The number of aromatic carboxylic acids is 1. The van der Waals surface area contributed by atoms with Crippen molar-refractivity contribution in [1.29, 1.82) is 0 Å². The summed E-state index contributed by atoms with van der Waals surface area (Å²) in [4.78, 5) is 24.7. The number of nitro groups is 1. The van der Waals surface area contributed by atoms with Gasteiger partial charge in [-0.25, -0.2) is 9.78 Å². The summed E-state index contributed by atoms with van der Waals surface area (Å²) in [6.07, 6.45) is 4.13. The van der Waals surface area contributed by atoms with E-state index in [1.807, 2.05) is 0 Å². The van der Waals surface area contributed by atoms with Crippen molar-refractivity contribution in [1.82, 2.24) is 4.98 Å². The Morgan fingerprint density at radius 1 is 1.59 bits per heavy atom. The van der Waals surface area contributed by atoms with E-state index in [0.29, 0.717) is 0 Å². The van der Waals surface area contributed by atoms with Gasteiger partial charge in [-0.15, -0.1) is 0 Å². The van der Waals surface area contributed by atoms with Gasteiger partial charge in [-0.05, 0) is 19.3 Å². The van der Waals surface area contributed by atoms with Crippen LogP contribution in [0.2, 0.25) is 0 Å². The van der Waals surface area contributed by atoms with Gasteiger partial charge < -0.3 is 10.4 Å². The van der Waals surface area contributed by atoms with Crippen LogP contribution < -0.4 is 5.32 Å². The molecule has 1 aromatic rings. The molecule has 17 heavy (non-hydrogen) atoms. The van der Waals surface area contributed by atoms with E-state index in [-0.39, 0.29) is 23.1 Å². The molecule has 0 spiro atoms. The fraction of sp³-hybridized carbons (Fsp3) is 0.400. The number of carboxylic acids is 1. The molecule has 2 rings (SSSR count). The minimum Gasteiger partial charge on any atom is -0.478 e. The van der Waals surface area contributed by atoms with Crippen molar-refractivity contribution in [2.24, 2.45) is 0 Å². The molecule has 0 atom stereocenters. The maximum atomic E-state index is 10.8. The fourth-order valence-corrected chi connectivity index (χ4v) is 1.57. The van der Waals surface area contributed by atoms with E-state index in [1.54, 1.807) is 0 Å². The maximum Gasteiger partial charge on any atom is 0.337 e. The molecular weight excluding hydrogens is 226 g/mol. The summed E-state index contributed by atoms with van der Waals surface area (Å²) in [6, 6.07) is 1.23. The number of pyridine rings is 1. The SMILES string of the molecule is O=C(O)c1cnc(NC2CCC2)c([N+](=O)[O-])c1. The van der Waals surface area contributed by atoms with Gasteiger partial charge in [0.15, 0.2) is 0 Å². The van der Waals surface area contributed by atoms with Gasteiger partial charge in [0.05, 0.1) is 10.5 Å². The molecule has 0 aliphatic heterocycles. The average molecular weight is 237 g/mol. The largest absolute Gasteiger partial charge is 0.478 e. The molecule has 0 radical (unpaired) electrons. The zero-order valence-corrected chi connectivity index (χ0v) is 8.92. The standard InChI is InChI=1S/C10H11N3O4/c14-10(15)6-4-8(13(16)17)9(11-5-6)12-7-2-1-3-7/h4-5,7H,1-3H2,(H,11,12)(H,14,15). The van der Waals surface area contributed by atoms with Crippen molar-refractivity contribution in [2.75, 3.05) is 5.32 Å². The third kappa shape index (κ3) is 2.32. The third-order valence-corrected chi connectivity index (χ3v) is 2.76. The van der Waals surface area contributed by atoms with E-state index in [1.165, 1.54) is 0 Å². The van der Waals surface area contributed by atoms with Crippen molar-refractivity contribution >= 4 is 17.5 Å². The van der Waals surface area contributed by atoms with Gasteiger partial charge in [0.1, 0.15) is 0 Å². The normalized spacial score (nSPS) is 15.1. The first-order chi connectivity index (χ1) is 8.08. The highest BCUT2D eigenvalue weighted by Gasteiger charge is 2.24. The second-order valence-corrected chi connectivity index (χ2v) is 3.93. The Bertz CT molecular complexity index is 471. The number of nitrogens with zero attached hydrogens (tertiary/aromatic N) is 2. The Morgan fingerprint density at radius 3 is 2.76 bits per heavy atom. The molecule has 1 aliphatic rings. The molecule has 1 fully saturated rings. The Hall–Kier alpha value is -2.18. The molecular formula is C10H11N3O4. The molecule has 7 heteroatoms. The van der Waals surface area contributed by atoms with Gasteiger partial charge in [-0.2, -0.15) is 0 Å². The molecule has 0 aromatic carbocycles. The summed E-state index contributed by atoms with van der Waals surface area (Å²) in [5.41, 5.74) is -0.479. The van der Waals surface area contributed by atoms with Crippen LogP contribution >= 0.6 is 0 Å². The van der Waals surface area contributed by atoms with E-state index in [9.17, 15) is 14.9 Å². The van der Waals surface area contributed by atoms with Gasteiger partial charge in [-0.1, -0.05) is 0 Å². The van der Waals surface area contributed by atoms with Crippen LogP contribution in [0.15, 0.2) is 12.3 Å². The van der Waals surface area contributed by atoms with Crippen molar-refractivity contribution < 1.29 is 14.8 Å². The third-order valence-electron chi connectivity index (χ3n) is 2.76. The smallest absolute Gasteiger partial charge is 0.337 e. The van der Waals surface area contributed by atoms with E-state index in [2.05, 4.69) is 10.3 Å². The molecule has 0 saturated heterocycles. The molecule has 0 unspecified atom stereocenters. The number of hydrogen-bond donors (Lipinski definition) is 2. The van der Waals surface area contributed by atoms with Gasteiger partial charge >= 0.3 is 11.7 Å². The number of rotatable bonds is 4. The highest BCUT2D eigenvalue weighted by molar-refractivity contribution is 5.88. The Balaban J connectivity index is 2.30. The van der Waals surface area contributed by atoms with Crippen LogP contribution in [0.3, 0.4) is 0 Å². The van der Waals surface area contributed by atoms with Crippen LogP contribution in [0.25, 0.3) is 0 Å². The van der Waals surface area contributed by atoms with Crippen LogP contribution in [0, 0.1) is 10.1 Å². The second-order valence-electron chi connectivity index (χ2n) is 3.93. The summed E-state index contributed by atoms with van der Waals surface area (Å²) in [5, 5.41) is 22.5.